The van der Waals surface area contributed by atoms with Crippen molar-refractivity contribution in [3.63, 3.8) is 0 Å². The van der Waals surface area contributed by atoms with Gasteiger partial charge in [-0.1, -0.05) is 25.4 Å². The molecule has 1 aliphatic carbocycles. The number of nitrogens with zero attached hydrogens (tertiary/aromatic N) is 1. The summed E-state index contributed by atoms with van der Waals surface area (Å²) in [6, 6.07) is 6.54. The van der Waals surface area contributed by atoms with Crippen LogP contribution in [-0.4, -0.2) is 42.7 Å². The Hall–Kier alpha value is -1.34. The number of carbonyl (C=O) groups excluding carboxylic acids is 2. The number of benzene rings is 1. The highest BCUT2D eigenvalue weighted by Crippen LogP contribution is 2.50. The lowest BCUT2D eigenvalue weighted by molar-refractivity contribution is -0.171. The molecule has 3 rings (SSSR count). The predicted molar refractivity (Wildman–Crippen MR) is 108 cm³/mol. The average molecular weight is 416 g/mol. The van der Waals surface area contributed by atoms with Gasteiger partial charge >= 0.3 is 0 Å². The van der Waals surface area contributed by atoms with Crippen molar-refractivity contribution in [3.8, 4) is 0 Å². The van der Waals surface area contributed by atoms with E-state index in [0.717, 1.165) is 5.69 Å². The second kappa shape index (κ2) is 7.95. The van der Waals surface area contributed by atoms with Crippen molar-refractivity contribution < 1.29 is 14.3 Å². The van der Waals surface area contributed by atoms with E-state index in [2.05, 4.69) is 5.32 Å². The van der Waals surface area contributed by atoms with E-state index < -0.39 is 17.0 Å². The number of nitrogens with two attached hydrogens (primary N) is 1. The first-order chi connectivity index (χ1) is 12.2. The topological polar surface area (TPSA) is 84.7 Å². The average Bonchev–Trinajstić information content (AvgIpc) is 2.96. The van der Waals surface area contributed by atoms with Crippen molar-refractivity contribution in [2.45, 2.75) is 51.3 Å². The van der Waals surface area contributed by atoms with Gasteiger partial charge in [0.1, 0.15) is 11.6 Å². The fourth-order valence-electron chi connectivity index (χ4n) is 3.80. The summed E-state index contributed by atoms with van der Waals surface area (Å²) in [7, 11) is 0. The molecule has 150 valence electrons. The first kappa shape index (κ1) is 22.0. The molecule has 3 atom stereocenters. The van der Waals surface area contributed by atoms with Crippen molar-refractivity contribution in [1.82, 2.24) is 5.32 Å². The van der Waals surface area contributed by atoms with E-state index in [1.165, 1.54) is 0 Å². The molecule has 0 radical (unpaired) electrons. The molecule has 1 saturated carbocycles. The SMILES string of the molecule is CCOC1CC(N)(C(=O)NC2CCN(c3ccc(Cl)cc3)C2=O)C1(C)C.Cl. The molecule has 2 aliphatic rings. The van der Waals surface area contributed by atoms with Gasteiger partial charge in [0, 0.05) is 35.7 Å². The minimum Gasteiger partial charge on any atom is -0.378 e. The third kappa shape index (κ3) is 3.68. The number of carbonyl (C=O) groups is 2. The number of anilines is 1. The van der Waals surface area contributed by atoms with Crippen LogP contribution in [-0.2, 0) is 14.3 Å². The van der Waals surface area contributed by atoms with E-state index in [1.807, 2.05) is 20.8 Å². The number of halogens is 2. The molecule has 0 aromatic heterocycles. The number of rotatable bonds is 5. The Bertz CT molecular complexity index is 711. The Morgan fingerprint density at radius 1 is 1.37 bits per heavy atom. The Kier molecular flexibility index (Phi) is 6.47. The van der Waals surface area contributed by atoms with Crippen LogP contribution in [0.15, 0.2) is 24.3 Å². The molecular weight excluding hydrogens is 389 g/mol. The molecule has 6 nitrogen and oxygen atoms in total. The highest BCUT2D eigenvalue weighted by Gasteiger charge is 2.63. The maximum atomic E-state index is 12.8. The summed E-state index contributed by atoms with van der Waals surface area (Å²) >= 11 is 5.90. The zero-order valence-corrected chi connectivity index (χ0v) is 17.4. The zero-order chi connectivity index (χ0) is 19.1. The van der Waals surface area contributed by atoms with Crippen LogP contribution >= 0.6 is 24.0 Å². The van der Waals surface area contributed by atoms with Crippen molar-refractivity contribution in [2.75, 3.05) is 18.1 Å². The van der Waals surface area contributed by atoms with Crippen molar-refractivity contribution in [3.05, 3.63) is 29.3 Å². The second-order valence-electron chi connectivity index (χ2n) is 7.62. The van der Waals surface area contributed by atoms with Crippen LogP contribution in [0.3, 0.4) is 0 Å². The Morgan fingerprint density at radius 2 is 2.00 bits per heavy atom. The van der Waals surface area contributed by atoms with E-state index in [1.54, 1.807) is 29.2 Å². The van der Waals surface area contributed by atoms with Crippen molar-refractivity contribution in [1.29, 1.82) is 0 Å². The van der Waals surface area contributed by atoms with Gasteiger partial charge in [-0.15, -0.1) is 12.4 Å². The van der Waals surface area contributed by atoms with Crippen LogP contribution in [0.1, 0.15) is 33.6 Å². The van der Waals surface area contributed by atoms with E-state index in [9.17, 15) is 9.59 Å². The molecule has 8 heteroatoms. The lowest BCUT2D eigenvalue weighted by Crippen LogP contribution is -2.76. The normalized spacial score (nSPS) is 29.1. The Labute approximate surface area is 171 Å². The van der Waals surface area contributed by atoms with Gasteiger partial charge in [-0.3, -0.25) is 9.59 Å². The number of hydrogen-bond donors (Lipinski definition) is 2. The summed E-state index contributed by atoms with van der Waals surface area (Å²) < 4.78 is 5.67. The number of ether oxygens (including phenoxy) is 1. The molecular formula is C19H27Cl2N3O3. The summed E-state index contributed by atoms with van der Waals surface area (Å²) in [6.45, 7) is 6.94. The van der Waals surface area contributed by atoms with Gasteiger partial charge < -0.3 is 20.7 Å². The monoisotopic (exact) mass is 415 g/mol. The van der Waals surface area contributed by atoms with E-state index in [0.29, 0.717) is 31.0 Å². The molecule has 27 heavy (non-hydrogen) atoms. The van der Waals surface area contributed by atoms with Gasteiger partial charge in [-0.2, -0.15) is 0 Å². The zero-order valence-electron chi connectivity index (χ0n) is 15.8. The minimum atomic E-state index is -1.03. The third-order valence-corrected chi connectivity index (χ3v) is 6.14. The van der Waals surface area contributed by atoms with Gasteiger partial charge in [0.2, 0.25) is 11.8 Å². The van der Waals surface area contributed by atoms with Crippen LogP contribution in [0.2, 0.25) is 5.02 Å². The van der Waals surface area contributed by atoms with Crippen LogP contribution < -0.4 is 16.0 Å². The first-order valence-corrected chi connectivity index (χ1v) is 9.37. The summed E-state index contributed by atoms with van der Waals surface area (Å²) in [5.74, 6) is -0.405. The highest BCUT2D eigenvalue weighted by atomic mass is 35.5. The Balaban J connectivity index is 0.00000261. The summed E-state index contributed by atoms with van der Waals surface area (Å²) in [6.07, 6.45) is 0.966. The maximum absolute atomic E-state index is 12.8. The molecule has 2 fully saturated rings. The van der Waals surface area contributed by atoms with Crippen LogP contribution in [0.5, 0.6) is 0 Å². The molecule has 1 aromatic carbocycles. The third-order valence-electron chi connectivity index (χ3n) is 5.88. The molecule has 3 N–H and O–H groups in total. The number of nitrogens with one attached hydrogen (secondary N) is 1. The summed E-state index contributed by atoms with van der Waals surface area (Å²) in [4.78, 5) is 27.2. The van der Waals surface area contributed by atoms with Crippen LogP contribution in [0, 0.1) is 5.41 Å². The first-order valence-electron chi connectivity index (χ1n) is 8.99. The summed E-state index contributed by atoms with van der Waals surface area (Å²) in [5, 5.41) is 3.48. The molecule has 1 aromatic rings. The van der Waals surface area contributed by atoms with E-state index in [-0.39, 0.29) is 30.3 Å². The second-order valence-corrected chi connectivity index (χ2v) is 8.06. The molecule has 1 aliphatic heterocycles. The molecule has 1 saturated heterocycles. The molecule has 2 amide bonds. The predicted octanol–water partition coefficient (Wildman–Crippen LogP) is 2.52. The summed E-state index contributed by atoms with van der Waals surface area (Å²) in [5.41, 5.74) is 5.67. The Morgan fingerprint density at radius 3 is 2.56 bits per heavy atom. The number of amides is 2. The van der Waals surface area contributed by atoms with Gasteiger partial charge in [-0.25, -0.2) is 0 Å². The lowest BCUT2D eigenvalue weighted by atomic mass is 9.54. The molecule has 0 bridgehead atoms. The van der Waals surface area contributed by atoms with E-state index >= 15 is 0 Å². The fraction of sp³-hybridized carbons (Fsp3) is 0.579. The van der Waals surface area contributed by atoms with Gasteiger partial charge in [0.15, 0.2) is 0 Å². The quantitative estimate of drug-likeness (QED) is 0.773. The van der Waals surface area contributed by atoms with Gasteiger partial charge in [0.25, 0.3) is 0 Å². The van der Waals surface area contributed by atoms with Gasteiger partial charge in [0.05, 0.1) is 6.10 Å². The maximum Gasteiger partial charge on any atom is 0.249 e. The number of hydrogen-bond acceptors (Lipinski definition) is 4. The largest absolute Gasteiger partial charge is 0.378 e. The van der Waals surface area contributed by atoms with Crippen molar-refractivity contribution >= 4 is 41.5 Å². The molecule has 1 heterocycles. The smallest absolute Gasteiger partial charge is 0.249 e. The van der Waals surface area contributed by atoms with Gasteiger partial charge in [-0.05, 0) is 37.6 Å². The highest BCUT2D eigenvalue weighted by molar-refractivity contribution is 6.30. The van der Waals surface area contributed by atoms with E-state index in [4.69, 9.17) is 22.1 Å². The standard InChI is InChI=1S/C19H26ClN3O3.ClH/c1-4-26-15-11-19(21,18(15,2)3)17(25)22-14-9-10-23(16(14)24)13-7-5-12(20)6-8-13;/h5-8,14-15H,4,9-11,21H2,1-3H3,(H,22,25);1H. The fourth-order valence-corrected chi connectivity index (χ4v) is 3.92. The minimum absolute atomic E-state index is 0. The molecule has 0 spiro atoms. The molecule has 3 unspecified atom stereocenters. The lowest BCUT2D eigenvalue weighted by Gasteiger charge is -2.57. The van der Waals surface area contributed by atoms with Crippen LogP contribution in [0.25, 0.3) is 0 Å². The van der Waals surface area contributed by atoms with Crippen molar-refractivity contribution in [2.24, 2.45) is 11.1 Å². The van der Waals surface area contributed by atoms with Crippen LogP contribution in [0.4, 0.5) is 5.69 Å².